The summed E-state index contributed by atoms with van der Waals surface area (Å²) < 4.78 is 48.3. The van der Waals surface area contributed by atoms with Crippen LogP contribution in [0.15, 0.2) is 55.1 Å². The number of carbonyl (C=O) groups is 6. The number of likely N-dealkylation sites (N-methyl/N-ethyl adjacent to an activating group) is 1. The molecule has 0 spiro atoms. The Morgan fingerprint density at radius 3 is 2.42 bits per heavy atom. The first-order chi connectivity index (χ1) is 31.3. The Hall–Kier alpha value is -6.77. The summed E-state index contributed by atoms with van der Waals surface area (Å²) in [4.78, 5) is 89.9. The molecule has 6 amide bonds. The Morgan fingerprint density at radius 1 is 0.969 bits per heavy atom. The van der Waals surface area contributed by atoms with Crippen molar-refractivity contribution < 1.29 is 56.9 Å². The fourth-order valence-electron chi connectivity index (χ4n) is 7.64. The number of hydrogen-bond acceptors (Lipinski definition) is 14. The minimum absolute atomic E-state index is 0.0107. The zero-order chi connectivity index (χ0) is 46.4. The smallest absolute Gasteiger partial charge is 0.262 e. The number of fused-ring (bicyclic) bond motifs is 2. The first-order valence-corrected chi connectivity index (χ1v) is 21.1. The maximum Gasteiger partial charge on any atom is 0.262 e. The fourth-order valence-corrected chi connectivity index (χ4v) is 7.92. The number of nitrogens with zero attached hydrogens (tertiary/aromatic N) is 6. The lowest BCUT2D eigenvalue weighted by Gasteiger charge is -2.35. The van der Waals surface area contributed by atoms with Crippen LogP contribution in [-0.4, -0.2) is 151 Å². The number of halogens is 3. The van der Waals surface area contributed by atoms with Gasteiger partial charge in [-0.05, 0) is 48.9 Å². The van der Waals surface area contributed by atoms with Crippen molar-refractivity contribution in [1.29, 1.82) is 0 Å². The molecule has 0 bridgehead atoms. The molecule has 0 radical (unpaired) electrons. The second-order valence-electron chi connectivity index (χ2n) is 15.2. The number of benzene rings is 3. The number of phenols is 1. The van der Waals surface area contributed by atoms with Crippen LogP contribution in [0.5, 0.6) is 11.5 Å². The van der Waals surface area contributed by atoms with Gasteiger partial charge in [-0.3, -0.25) is 39.0 Å². The third kappa shape index (κ3) is 10.1. The van der Waals surface area contributed by atoms with Crippen molar-refractivity contribution in [3.63, 3.8) is 0 Å². The van der Waals surface area contributed by atoms with Crippen LogP contribution in [0.3, 0.4) is 0 Å². The molecule has 0 aliphatic carbocycles. The quantitative estimate of drug-likeness (QED) is 0.0741. The molecule has 4 heterocycles. The molecule has 3 aromatic carbocycles. The summed E-state index contributed by atoms with van der Waals surface area (Å²) in [5, 5.41) is 15.7. The van der Waals surface area contributed by atoms with Gasteiger partial charge in [0.15, 0.2) is 5.82 Å². The number of anilines is 2. The number of nitrogens with one attached hydrogen (secondary N) is 2. The molecular weight excluding hydrogens is 874 g/mol. The van der Waals surface area contributed by atoms with Gasteiger partial charge in [0.05, 0.1) is 48.1 Å². The van der Waals surface area contributed by atoms with Gasteiger partial charge in [-0.2, -0.15) is 4.98 Å². The molecule has 7 rings (SSSR count). The highest BCUT2D eigenvalue weighted by Gasteiger charge is 2.44. The van der Waals surface area contributed by atoms with Gasteiger partial charge in [0, 0.05) is 70.1 Å². The zero-order valence-electron chi connectivity index (χ0n) is 35.2. The van der Waals surface area contributed by atoms with E-state index in [0.29, 0.717) is 37.7 Å². The van der Waals surface area contributed by atoms with E-state index >= 15 is 4.39 Å². The van der Waals surface area contributed by atoms with E-state index in [-0.39, 0.29) is 116 Å². The van der Waals surface area contributed by atoms with Gasteiger partial charge in [-0.15, -0.1) is 0 Å². The predicted octanol–water partition coefficient (Wildman–Crippen LogP) is 3.54. The Labute approximate surface area is 376 Å². The van der Waals surface area contributed by atoms with Crippen LogP contribution in [-0.2, 0) is 28.7 Å². The van der Waals surface area contributed by atoms with E-state index in [2.05, 4.69) is 27.2 Å². The van der Waals surface area contributed by atoms with E-state index in [1.54, 1.807) is 18.0 Å². The van der Waals surface area contributed by atoms with Gasteiger partial charge >= 0.3 is 0 Å². The molecule has 65 heavy (non-hydrogen) atoms. The lowest BCUT2D eigenvalue weighted by molar-refractivity contribution is -0.136. The average Bonchev–Trinajstić information content (AvgIpc) is 3.53. The minimum Gasteiger partial charge on any atom is -0.507 e. The topological polar surface area (TPSA) is 213 Å². The summed E-state index contributed by atoms with van der Waals surface area (Å²) in [5.74, 6) is -4.59. The predicted molar refractivity (Wildman–Crippen MR) is 232 cm³/mol. The Morgan fingerprint density at radius 2 is 1.69 bits per heavy atom. The molecule has 1 unspecified atom stereocenters. The van der Waals surface area contributed by atoms with Gasteiger partial charge < -0.3 is 39.3 Å². The Balaban J connectivity index is 0.862. The molecule has 2 saturated heterocycles. The average molecular weight is 919 g/mol. The summed E-state index contributed by atoms with van der Waals surface area (Å²) >= 11 is 6.55. The fraction of sp³-hybridized carbons (Fsp3) is 0.364. The van der Waals surface area contributed by atoms with Crippen molar-refractivity contribution in [1.82, 2.24) is 30.0 Å². The van der Waals surface area contributed by atoms with Crippen LogP contribution in [0.1, 0.15) is 40.0 Å². The largest absolute Gasteiger partial charge is 0.507 e. The number of rotatable bonds is 18. The number of amides is 6. The SMILES string of the molecule is C=CC(=O)N1CCN(c2nc(NCCC(=O)N(C)CCOCCOCCOc3ccc4c(c3)C(=O)N(C3CCC(=O)NC3=O)C4=O)nc3c(F)c(-c4c(O)cccc4F)c(Cl)cc23)CC1. The Kier molecular flexibility index (Phi) is 14.5. The summed E-state index contributed by atoms with van der Waals surface area (Å²) in [6, 6.07) is 8.36. The summed E-state index contributed by atoms with van der Waals surface area (Å²) in [6.45, 7) is 6.26. The highest BCUT2D eigenvalue weighted by atomic mass is 35.5. The van der Waals surface area contributed by atoms with Crippen LogP contribution in [0.25, 0.3) is 22.0 Å². The van der Waals surface area contributed by atoms with Crippen molar-refractivity contribution >= 4 is 69.7 Å². The van der Waals surface area contributed by atoms with Crippen molar-refractivity contribution in [3.8, 4) is 22.6 Å². The van der Waals surface area contributed by atoms with E-state index in [9.17, 15) is 38.3 Å². The van der Waals surface area contributed by atoms with Gasteiger partial charge in [0.25, 0.3) is 11.8 Å². The molecule has 2 fully saturated rings. The highest BCUT2D eigenvalue weighted by molar-refractivity contribution is 6.34. The van der Waals surface area contributed by atoms with E-state index < -0.39 is 52.6 Å². The molecule has 1 aromatic heterocycles. The molecule has 4 aromatic rings. The number of imide groups is 2. The maximum absolute atomic E-state index is 16.4. The van der Waals surface area contributed by atoms with Crippen molar-refractivity contribution in [3.05, 3.63) is 82.9 Å². The number of aromatic hydroxyl groups is 1. The number of hydrogen-bond donors (Lipinski definition) is 3. The van der Waals surface area contributed by atoms with Crippen LogP contribution in [0.4, 0.5) is 20.5 Å². The van der Waals surface area contributed by atoms with Gasteiger partial charge in [0.1, 0.15) is 41.3 Å². The Bertz CT molecular complexity index is 2540. The van der Waals surface area contributed by atoms with Gasteiger partial charge in [0.2, 0.25) is 29.6 Å². The number of aromatic nitrogens is 2. The van der Waals surface area contributed by atoms with E-state index in [1.165, 1.54) is 41.3 Å². The summed E-state index contributed by atoms with van der Waals surface area (Å²) in [5.41, 5.74) is -0.740. The van der Waals surface area contributed by atoms with E-state index in [1.807, 2.05) is 4.90 Å². The molecule has 0 saturated carbocycles. The molecular formula is C44H45ClF2N8O10. The first-order valence-electron chi connectivity index (χ1n) is 20.7. The van der Waals surface area contributed by atoms with Crippen LogP contribution >= 0.6 is 11.6 Å². The van der Waals surface area contributed by atoms with E-state index in [4.69, 9.17) is 25.8 Å². The lowest BCUT2D eigenvalue weighted by Crippen LogP contribution is -2.54. The standard InChI is InChI=1S/C44H45ClF2N8O10/c1-3-34(58)53-13-15-54(16-14-53)40-28-24-29(45)36(37-30(46)5-4-6-32(37)56)38(47)39(28)50-44(51-40)48-12-11-35(59)52(2)17-18-63-19-20-64-21-22-65-25-7-8-26-27(23-25)43(62)55(42(26)61)31-9-10-33(57)49-41(31)60/h3-8,23-24,31,56H,1,9-22H2,2H3,(H,48,50,51)(H,49,57,60). The molecule has 3 aliphatic rings. The number of piperidine rings is 1. The number of ether oxygens (including phenoxy) is 3. The van der Waals surface area contributed by atoms with Crippen LogP contribution in [0.2, 0.25) is 5.02 Å². The first kappa shape index (κ1) is 46.2. The molecule has 3 aliphatic heterocycles. The highest BCUT2D eigenvalue weighted by Crippen LogP contribution is 2.42. The van der Waals surface area contributed by atoms with Crippen molar-refractivity contribution in [2.24, 2.45) is 0 Å². The molecule has 3 N–H and O–H groups in total. The second kappa shape index (κ2) is 20.4. The minimum atomic E-state index is -1.06. The molecule has 18 nitrogen and oxygen atoms in total. The van der Waals surface area contributed by atoms with Gasteiger partial charge in [-0.1, -0.05) is 24.2 Å². The van der Waals surface area contributed by atoms with Crippen LogP contribution < -0.4 is 20.3 Å². The summed E-state index contributed by atoms with van der Waals surface area (Å²) in [6.07, 6.45) is 1.33. The number of carbonyl (C=O) groups excluding carboxylic acids is 6. The van der Waals surface area contributed by atoms with Crippen molar-refractivity contribution in [2.45, 2.75) is 25.3 Å². The third-order valence-corrected chi connectivity index (χ3v) is 11.4. The van der Waals surface area contributed by atoms with Crippen molar-refractivity contribution in [2.75, 3.05) is 89.6 Å². The number of phenolic OH excluding ortho intramolecular Hbond substituents is 1. The van der Waals surface area contributed by atoms with E-state index in [0.717, 1.165) is 11.0 Å². The zero-order valence-corrected chi connectivity index (χ0v) is 36.0. The monoisotopic (exact) mass is 918 g/mol. The van der Waals surface area contributed by atoms with Crippen LogP contribution in [0, 0.1) is 11.6 Å². The maximum atomic E-state index is 16.4. The third-order valence-electron chi connectivity index (χ3n) is 11.1. The lowest BCUT2D eigenvalue weighted by atomic mass is 10.0. The number of piperazine rings is 1. The molecule has 1 atom stereocenters. The molecule has 342 valence electrons. The summed E-state index contributed by atoms with van der Waals surface area (Å²) in [7, 11) is 1.62. The normalized spacial score (nSPS) is 16.2. The van der Waals surface area contributed by atoms with Gasteiger partial charge in [-0.25, -0.2) is 13.8 Å². The molecule has 21 heteroatoms. The second-order valence-corrected chi connectivity index (χ2v) is 15.6.